The maximum absolute atomic E-state index is 13.0. The topological polar surface area (TPSA) is 29.5 Å². The van der Waals surface area contributed by atoms with Gasteiger partial charge >= 0.3 is 5.97 Å². The molecule has 20 heavy (non-hydrogen) atoms. The molecule has 0 radical (unpaired) electrons. The molecule has 0 aromatic heterocycles. The van der Waals surface area contributed by atoms with Crippen LogP contribution in [-0.2, 0) is 4.84 Å². The van der Waals surface area contributed by atoms with E-state index in [0.717, 1.165) is 0 Å². The van der Waals surface area contributed by atoms with Gasteiger partial charge in [0.1, 0.15) is 0 Å². The highest BCUT2D eigenvalue weighted by molar-refractivity contribution is 5.89. The summed E-state index contributed by atoms with van der Waals surface area (Å²) in [5.41, 5.74) is 0.280. The van der Waals surface area contributed by atoms with Gasteiger partial charge in [0.25, 0.3) is 0 Å². The molecule has 0 bridgehead atoms. The second-order valence-electron chi connectivity index (χ2n) is 5.88. The fourth-order valence-corrected chi connectivity index (χ4v) is 3.20. The molecule has 0 unspecified atom stereocenters. The van der Waals surface area contributed by atoms with E-state index < -0.39 is 5.92 Å². The third-order valence-electron chi connectivity index (χ3n) is 4.27. The summed E-state index contributed by atoms with van der Waals surface area (Å²) in [6, 6.07) is 8.77. The molecule has 1 heterocycles. The molecule has 1 aliphatic carbocycles. The summed E-state index contributed by atoms with van der Waals surface area (Å²) in [5.74, 6) is -2.87. The van der Waals surface area contributed by atoms with Gasteiger partial charge in [-0.15, -0.1) is 5.06 Å². The Morgan fingerprint density at radius 1 is 1.10 bits per heavy atom. The molecule has 0 atom stereocenters. The van der Waals surface area contributed by atoms with Crippen molar-refractivity contribution in [2.45, 2.75) is 31.6 Å². The Labute approximate surface area is 116 Å². The molecule has 0 amide bonds. The van der Waals surface area contributed by atoms with E-state index in [2.05, 4.69) is 0 Å². The molecule has 1 aliphatic heterocycles. The van der Waals surface area contributed by atoms with Gasteiger partial charge in [0.2, 0.25) is 5.92 Å². The number of hydrogen-bond donors (Lipinski definition) is 0. The van der Waals surface area contributed by atoms with Crippen LogP contribution in [0.25, 0.3) is 0 Å². The molecule has 1 aromatic carbocycles. The Bertz CT molecular complexity index is 486. The van der Waals surface area contributed by atoms with E-state index >= 15 is 0 Å². The number of hydroxylamine groups is 2. The molecule has 5 heteroatoms. The lowest BCUT2D eigenvalue weighted by molar-refractivity contribution is -0.208. The molecular formula is C15H17F2NO2. The summed E-state index contributed by atoms with van der Waals surface area (Å²) in [7, 11) is 0. The van der Waals surface area contributed by atoms with Gasteiger partial charge in [-0.3, -0.25) is 0 Å². The predicted octanol–water partition coefficient (Wildman–Crippen LogP) is 3.27. The minimum absolute atomic E-state index is 0.0134. The average molecular weight is 281 g/mol. The molecular weight excluding hydrogens is 264 g/mol. The Morgan fingerprint density at radius 3 is 2.25 bits per heavy atom. The van der Waals surface area contributed by atoms with Crippen LogP contribution in [-0.4, -0.2) is 30.0 Å². The quantitative estimate of drug-likeness (QED) is 0.833. The van der Waals surface area contributed by atoms with Gasteiger partial charge in [0.05, 0.1) is 5.56 Å². The van der Waals surface area contributed by atoms with Crippen molar-refractivity contribution in [3.8, 4) is 0 Å². The summed E-state index contributed by atoms with van der Waals surface area (Å²) >= 11 is 0. The lowest BCUT2D eigenvalue weighted by Gasteiger charge is -2.51. The maximum Gasteiger partial charge on any atom is 0.357 e. The Hall–Kier alpha value is -1.49. The van der Waals surface area contributed by atoms with Crippen molar-refractivity contribution in [2.75, 3.05) is 13.1 Å². The van der Waals surface area contributed by atoms with E-state index in [4.69, 9.17) is 4.84 Å². The number of carbonyl (C=O) groups is 1. The summed E-state index contributed by atoms with van der Waals surface area (Å²) in [6.07, 6.45) is 1.32. The highest BCUT2D eigenvalue weighted by Crippen LogP contribution is 2.57. The zero-order valence-corrected chi connectivity index (χ0v) is 11.1. The number of piperidine rings is 1. The van der Waals surface area contributed by atoms with E-state index in [-0.39, 0.29) is 24.2 Å². The van der Waals surface area contributed by atoms with Crippen molar-refractivity contribution in [1.82, 2.24) is 5.06 Å². The van der Waals surface area contributed by atoms with Crippen LogP contribution in [0.1, 0.15) is 36.0 Å². The Balaban J connectivity index is 1.51. The van der Waals surface area contributed by atoms with Gasteiger partial charge < -0.3 is 4.84 Å². The van der Waals surface area contributed by atoms with Crippen molar-refractivity contribution in [3.05, 3.63) is 35.9 Å². The van der Waals surface area contributed by atoms with E-state index in [9.17, 15) is 13.6 Å². The van der Waals surface area contributed by atoms with E-state index in [1.807, 2.05) is 6.07 Å². The summed E-state index contributed by atoms with van der Waals surface area (Å²) in [4.78, 5) is 17.2. The first kappa shape index (κ1) is 13.5. The largest absolute Gasteiger partial charge is 0.364 e. The van der Waals surface area contributed by atoms with Gasteiger partial charge in [-0.2, -0.15) is 0 Å². The fraction of sp³-hybridized carbons (Fsp3) is 0.533. The van der Waals surface area contributed by atoms with Gasteiger partial charge in [-0.25, -0.2) is 13.6 Å². The van der Waals surface area contributed by atoms with Gasteiger partial charge in [-0.05, 0) is 30.4 Å². The van der Waals surface area contributed by atoms with E-state index in [1.165, 1.54) is 0 Å². The molecule has 108 valence electrons. The number of alkyl halides is 2. The van der Waals surface area contributed by atoms with Crippen molar-refractivity contribution in [3.63, 3.8) is 0 Å². The first-order valence-corrected chi connectivity index (χ1v) is 6.88. The lowest BCUT2D eigenvalue weighted by Crippen LogP contribution is -2.52. The van der Waals surface area contributed by atoms with Crippen LogP contribution < -0.4 is 0 Å². The van der Waals surface area contributed by atoms with Crippen molar-refractivity contribution >= 4 is 5.97 Å². The molecule has 1 saturated heterocycles. The van der Waals surface area contributed by atoms with Crippen LogP contribution in [0.3, 0.4) is 0 Å². The first-order valence-electron chi connectivity index (χ1n) is 6.88. The molecule has 3 rings (SSSR count). The number of carbonyl (C=O) groups excluding carboxylic acids is 1. The van der Waals surface area contributed by atoms with Crippen LogP contribution in [0.5, 0.6) is 0 Å². The molecule has 1 spiro atoms. The zero-order chi connectivity index (χ0) is 14.2. The van der Waals surface area contributed by atoms with Crippen LogP contribution in [0.15, 0.2) is 30.3 Å². The maximum atomic E-state index is 13.0. The van der Waals surface area contributed by atoms with Crippen molar-refractivity contribution in [1.29, 1.82) is 0 Å². The number of nitrogens with zero attached hydrogens (tertiary/aromatic N) is 1. The minimum Gasteiger partial charge on any atom is -0.364 e. The Kier molecular flexibility index (Phi) is 3.24. The fourth-order valence-electron chi connectivity index (χ4n) is 3.20. The highest BCUT2D eigenvalue weighted by atomic mass is 19.3. The summed E-state index contributed by atoms with van der Waals surface area (Å²) < 4.78 is 26.0. The minimum atomic E-state index is -2.48. The van der Waals surface area contributed by atoms with Crippen LogP contribution >= 0.6 is 0 Å². The average Bonchev–Trinajstić information content (AvgIpc) is 2.40. The number of benzene rings is 1. The van der Waals surface area contributed by atoms with Crippen molar-refractivity contribution < 1.29 is 18.4 Å². The SMILES string of the molecule is O=C(ON1CCC2(CC1)CC(F)(F)C2)c1ccccc1. The van der Waals surface area contributed by atoms with Gasteiger partial charge in [0.15, 0.2) is 0 Å². The lowest BCUT2D eigenvalue weighted by atomic mass is 9.61. The number of hydrogen-bond acceptors (Lipinski definition) is 3. The second kappa shape index (κ2) is 4.81. The van der Waals surface area contributed by atoms with Crippen LogP contribution in [0.4, 0.5) is 8.78 Å². The molecule has 1 saturated carbocycles. The van der Waals surface area contributed by atoms with Crippen LogP contribution in [0, 0.1) is 5.41 Å². The molecule has 0 N–H and O–H groups in total. The van der Waals surface area contributed by atoms with E-state index in [0.29, 0.717) is 31.5 Å². The van der Waals surface area contributed by atoms with Gasteiger partial charge in [0, 0.05) is 25.9 Å². The normalized spacial score (nSPS) is 24.1. The Morgan fingerprint density at radius 2 is 1.70 bits per heavy atom. The van der Waals surface area contributed by atoms with Crippen LogP contribution in [0.2, 0.25) is 0 Å². The highest BCUT2D eigenvalue weighted by Gasteiger charge is 2.56. The summed E-state index contributed by atoms with van der Waals surface area (Å²) in [6.45, 7) is 1.07. The number of halogens is 2. The molecule has 3 nitrogen and oxygen atoms in total. The monoisotopic (exact) mass is 281 g/mol. The second-order valence-corrected chi connectivity index (χ2v) is 5.88. The number of rotatable bonds is 2. The smallest absolute Gasteiger partial charge is 0.357 e. The predicted molar refractivity (Wildman–Crippen MR) is 69.3 cm³/mol. The third-order valence-corrected chi connectivity index (χ3v) is 4.27. The van der Waals surface area contributed by atoms with Gasteiger partial charge in [-0.1, -0.05) is 18.2 Å². The van der Waals surface area contributed by atoms with Crippen molar-refractivity contribution in [2.24, 2.45) is 5.41 Å². The summed E-state index contributed by atoms with van der Waals surface area (Å²) in [5, 5.41) is 1.59. The first-order chi connectivity index (χ1) is 9.48. The molecule has 2 aliphatic rings. The van der Waals surface area contributed by atoms with E-state index in [1.54, 1.807) is 29.3 Å². The molecule has 1 aromatic rings. The zero-order valence-electron chi connectivity index (χ0n) is 11.1. The standard InChI is InChI=1S/C15H17F2NO2/c16-15(17)10-14(11-15)6-8-18(9-7-14)20-13(19)12-4-2-1-3-5-12/h1-5H,6-11H2. The molecule has 2 fully saturated rings. The third kappa shape index (κ3) is 2.68.